The van der Waals surface area contributed by atoms with Crippen LogP contribution in [0.5, 0.6) is 0 Å². The van der Waals surface area contributed by atoms with Gasteiger partial charge in [0, 0.05) is 17.5 Å². The molecule has 1 heterocycles. The molecule has 1 unspecified atom stereocenters. The van der Waals surface area contributed by atoms with Crippen molar-refractivity contribution in [1.82, 2.24) is 5.32 Å². The van der Waals surface area contributed by atoms with Gasteiger partial charge in [-0.2, -0.15) is 0 Å². The van der Waals surface area contributed by atoms with E-state index in [-0.39, 0.29) is 10.8 Å². The van der Waals surface area contributed by atoms with Crippen LogP contribution in [0.15, 0.2) is 24.3 Å². The van der Waals surface area contributed by atoms with Crippen molar-refractivity contribution in [3.8, 4) is 0 Å². The molecule has 1 aromatic carbocycles. The van der Waals surface area contributed by atoms with Gasteiger partial charge < -0.3 is 5.32 Å². The number of hydrogen-bond acceptors (Lipinski definition) is 2. The number of Topliss-reactive ketones (excluding diaryl/α,β-unsaturated/α-hetero) is 1. The Labute approximate surface area is 129 Å². The zero-order valence-corrected chi connectivity index (χ0v) is 14.0. The fourth-order valence-corrected chi connectivity index (χ4v) is 3.39. The molecule has 2 nitrogen and oxygen atoms in total. The number of carbonyl (C=O) groups excluding carboxylic acids is 1. The Morgan fingerprint density at radius 2 is 1.90 bits per heavy atom. The van der Waals surface area contributed by atoms with Gasteiger partial charge in [0.1, 0.15) is 0 Å². The molecular weight excluding hydrogens is 258 g/mol. The fraction of sp³-hybridized carbons (Fsp3) is 0.632. The second kappa shape index (κ2) is 6.31. The van der Waals surface area contributed by atoms with Crippen LogP contribution in [-0.2, 0) is 5.41 Å². The van der Waals surface area contributed by atoms with E-state index in [9.17, 15) is 4.79 Å². The van der Waals surface area contributed by atoms with Gasteiger partial charge in [0.25, 0.3) is 0 Å². The molecule has 0 spiro atoms. The van der Waals surface area contributed by atoms with Crippen LogP contribution in [0.1, 0.15) is 69.3 Å². The molecule has 1 N–H and O–H groups in total. The highest BCUT2D eigenvalue weighted by molar-refractivity contribution is 6.00. The molecule has 1 aliphatic rings. The standard InChI is InChI=1S/C19H29NO/c1-5-11-19(12-6-13-20-14-19)17(21)15-7-9-16(10-8-15)18(2,3)4/h7-10,20H,5-6,11-14H2,1-4H3. The first-order valence-electron chi connectivity index (χ1n) is 8.25. The molecule has 1 aliphatic heterocycles. The first-order chi connectivity index (χ1) is 9.89. The van der Waals surface area contributed by atoms with Gasteiger partial charge in [0.2, 0.25) is 0 Å². The number of hydrogen-bond donors (Lipinski definition) is 1. The minimum atomic E-state index is -0.184. The number of rotatable bonds is 4. The van der Waals surface area contributed by atoms with E-state index >= 15 is 0 Å². The van der Waals surface area contributed by atoms with E-state index in [1.807, 2.05) is 12.1 Å². The normalized spacial score (nSPS) is 23.0. The van der Waals surface area contributed by atoms with Crippen LogP contribution in [0.4, 0.5) is 0 Å². The lowest BCUT2D eigenvalue weighted by molar-refractivity contribution is 0.0718. The smallest absolute Gasteiger partial charge is 0.170 e. The van der Waals surface area contributed by atoms with Gasteiger partial charge in [0.05, 0.1) is 0 Å². The predicted molar refractivity (Wildman–Crippen MR) is 88.9 cm³/mol. The average Bonchev–Trinajstić information content (AvgIpc) is 2.47. The summed E-state index contributed by atoms with van der Waals surface area (Å²) in [7, 11) is 0. The van der Waals surface area contributed by atoms with Gasteiger partial charge in [-0.25, -0.2) is 0 Å². The maximum absolute atomic E-state index is 13.0. The third-order valence-corrected chi connectivity index (χ3v) is 4.70. The van der Waals surface area contributed by atoms with Crippen molar-refractivity contribution in [2.24, 2.45) is 5.41 Å². The van der Waals surface area contributed by atoms with Crippen LogP contribution in [0, 0.1) is 5.41 Å². The van der Waals surface area contributed by atoms with Gasteiger partial charge in [-0.3, -0.25) is 4.79 Å². The molecule has 0 aromatic heterocycles. The molecule has 0 bridgehead atoms. The second-order valence-electron chi connectivity index (χ2n) is 7.47. The van der Waals surface area contributed by atoms with Crippen molar-refractivity contribution in [2.45, 2.75) is 58.8 Å². The Kier molecular flexibility index (Phi) is 4.88. The molecule has 21 heavy (non-hydrogen) atoms. The first kappa shape index (κ1) is 16.2. The van der Waals surface area contributed by atoms with Crippen molar-refractivity contribution in [3.05, 3.63) is 35.4 Å². The molecule has 116 valence electrons. The van der Waals surface area contributed by atoms with Gasteiger partial charge in [0.15, 0.2) is 5.78 Å². The number of ketones is 1. The molecule has 1 atom stereocenters. The Bertz CT molecular complexity index is 470. The summed E-state index contributed by atoms with van der Waals surface area (Å²) in [4.78, 5) is 13.0. The molecule has 1 aromatic rings. The number of benzene rings is 1. The van der Waals surface area contributed by atoms with Gasteiger partial charge >= 0.3 is 0 Å². The Hall–Kier alpha value is -1.15. The van der Waals surface area contributed by atoms with Crippen molar-refractivity contribution >= 4 is 5.78 Å². The minimum absolute atomic E-state index is 0.134. The van der Waals surface area contributed by atoms with Crippen molar-refractivity contribution in [1.29, 1.82) is 0 Å². The molecule has 0 radical (unpaired) electrons. The summed E-state index contributed by atoms with van der Waals surface area (Å²) in [5.74, 6) is 0.331. The summed E-state index contributed by atoms with van der Waals surface area (Å²) in [5.41, 5.74) is 2.11. The van der Waals surface area contributed by atoms with Crippen LogP contribution < -0.4 is 5.32 Å². The molecule has 1 fully saturated rings. The maximum Gasteiger partial charge on any atom is 0.170 e. The lowest BCUT2D eigenvalue weighted by Crippen LogP contribution is -2.45. The molecule has 1 saturated heterocycles. The summed E-state index contributed by atoms with van der Waals surface area (Å²) in [6, 6.07) is 8.27. The summed E-state index contributed by atoms with van der Waals surface area (Å²) in [6.45, 7) is 10.7. The van der Waals surface area contributed by atoms with E-state index < -0.39 is 0 Å². The molecular formula is C19H29NO. The van der Waals surface area contributed by atoms with E-state index in [0.29, 0.717) is 5.78 Å². The summed E-state index contributed by atoms with van der Waals surface area (Å²) < 4.78 is 0. The van der Waals surface area contributed by atoms with Crippen molar-refractivity contribution in [3.63, 3.8) is 0 Å². The summed E-state index contributed by atoms with van der Waals surface area (Å²) in [6.07, 6.45) is 4.17. The zero-order valence-electron chi connectivity index (χ0n) is 14.0. The molecule has 2 heteroatoms. The Morgan fingerprint density at radius 3 is 2.38 bits per heavy atom. The average molecular weight is 287 g/mol. The third-order valence-electron chi connectivity index (χ3n) is 4.70. The quantitative estimate of drug-likeness (QED) is 0.835. The lowest BCUT2D eigenvalue weighted by atomic mass is 9.71. The largest absolute Gasteiger partial charge is 0.316 e. The van der Waals surface area contributed by atoms with Crippen LogP contribution in [0.25, 0.3) is 0 Å². The summed E-state index contributed by atoms with van der Waals surface area (Å²) in [5, 5.41) is 3.43. The monoisotopic (exact) mass is 287 g/mol. The van der Waals surface area contributed by atoms with Crippen LogP contribution >= 0.6 is 0 Å². The molecule has 0 saturated carbocycles. The summed E-state index contributed by atoms with van der Waals surface area (Å²) >= 11 is 0. The van der Waals surface area contributed by atoms with E-state index in [1.54, 1.807) is 0 Å². The van der Waals surface area contributed by atoms with Crippen LogP contribution in [0.3, 0.4) is 0 Å². The number of carbonyl (C=O) groups is 1. The van der Waals surface area contributed by atoms with E-state index in [0.717, 1.165) is 44.3 Å². The maximum atomic E-state index is 13.0. The van der Waals surface area contributed by atoms with Crippen LogP contribution in [0.2, 0.25) is 0 Å². The lowest BCUT2D eigenvalue weighted by Gasteiger charge is -2.36. The molecule has 0 amide bonds. The number of piperidine rings is 1. The molecule has 0 aliphatic carbocycles. The SMILES string of the molecule is CCCC1(C(=O)c2ccc(C(C)(C)C)cc2)CCCNC1. The molecule has 2 rings (SSSR count). The predicted octanol–water partition coefficient (Wildman–Crippen LogP) is 4.34. The Balaban J connectivity index is 2.25. The topological polar surface area (TPSA) is 29.1 Å². The van der Waals surface area contributed by atoms with E-state index in [1.165, 1.54) is 5.56 Å². The van der Waals surface area contributed by atoms with E-state index in [4.69, 9.17) is 0 Å². The van der Waals surface area contributed by atoms with Crippen molar-refractivity contribution < 1.29 is 4.79 Å². The van der Waals surface area contributed by atoms with Crippen molar-refractivity contribution in [2.75, 3.05) is 13.1 Å². The third kappa shape index (κ3) is 3.55. The second-order valence-corrected chi connectivity index (χ2v) is 7.47. The van der Waals surface area contributed by atoms with Gasteiger partial charge in [-0.15, -0.1) is 0 Å². The first-order valence-corrected chi connectivity index (χ1v) is 8.25. The highest BCUT2D eigenvalue weighted by Gasteiger charge is 2.38. The minimum Gasteiger partial charge on any atom is -0.316 e. The zero-order chi connectivity index (χ0) is 15.5. The van der Waals surface area contributed by atoms with Gasteiger partial charge in [-0.1, -0.05) is 58.4 Å². The fourth-order valence-electron chi connectivity index (χ4n) is 3.39. The number of nitrogens with one attached hydrogen (secondary N) is 1. The van der Waals surface area contributed by atoms with Crippen LogP contribution in [-0.4, -0.2) is 18.9 Å². The highest BCUT2D eigenvalue weighted by atomic mass is 16.1. The van der Waals surface area contributed by atoms with Gasteiger partial charge in [-0.05, 0) is 36.8 Å². The highest BCUT2D eigenvalue weighted by Crippen LogP contribution is 2.35. The van der Waals surface area contributed by atoms with E-state index in [2.05, 4.69) is 45.1 Å². The Morgan fingerprint density at radius 1 is 1.24 bits per heavy atom.